The maximum Gasteiger partial charge on any atom is 0.206 e. The van der Waals surface area contributed by atoms with Gasteiger partial charge in [-0.25, -0.2) is 4.98 Å². The fourth-order valence-corrected chi connectivity index (χ4v) is 4.31. The predicted octanol–water partition coefficient (Wildman–Crippen LogP) is 4.05. The summed E-state index contributed by atoms with van der Waals surface area (Å²) in [5.41, 5.74) is 1.85. The summed E-state index contributed by atoms with van der Waals surface area (Å²) >= 11 is 14.2. The Bertz CT molecular complexity index is 641. The SMILES string of the molecule is CN(CCO)c1nc2c(Br)c(Br)c(Br)c(Br)c2n1C. The van der Waals surface area contributed by atoms with Crippen LogP contribution in [-0.4, -0.2) is 34.9 Å². The Morgan fingerprint density at radius 1 is 1.11 bits per heavy atom. The highest BCUT2D eigenvalue weighted by molar-refractivity contribution is 9.15. The standard InChI is InChI=1S/C11H11Br4N3O/c1-17(3-4-19)11-16-9-7(14)5(12)6(13)8(15)10(9)18(11)2/h19H,3-4H2,1-2H3. The number of aliphatic hydroxyl groups excluding tert-OH is 1. The molecule has 1 heterocycles. The first-order valence-electron chi connectivity index (χ1n) is 5.40. The third-order valence-electron chi connectivity index (χ3n) is 2.84. The van der Waals surface area contributed by atoms with E-state index in [4.69, 9.17) is 5.11 Å². The van der Waals surface area contributed by atoms with Crippen molar-refractivity contribution in [2.24, 2.45) is 7.05 Å². The van der Waals surface area contributed by atoms with Gasteiger partial charge in [0.25, 0.3) is 0 Å². The number of aromatic nitrogens is 2. The van der Waals surface area contributed by atoms with Gasteiger partial charge in [0, 0.05) is 29.6 Å². The fraction of sp³-hybridized carbons (Fsp3) is 0.364. The molecule has 0 saturated carbocycles. The molecule has 0 fully saturated rings. The molecule has 4 nitrogen and oxygen atoms in total. The van der Waals surface area contributed by atoms with Crippen LogP contribution >= 0.6 is 63.7 Å². The van der Waals surface area contributed by atoms with Gasteiger partial charge in [-0.2, -0.15) is 0 Å². The van der Waals surface area contributed by atoms with Crippen molar-refractivity contribution in [1.29, 1.82) is 0 Å². The van der Waals surface area contributed by atoms with Crippen LogP contribution < -0.4 is 4.90 Å². The molecular weight excluding hydrogens is 510 g/mol. The predicted molar refractivity (Wildman–Crippen MR) is 91.9 cm³/mol. The Balaban J connectivity index is 2.77. The molecule has 0 radical (unpaired) electrons. The molecule has 0 bridgehead atoms. The smallest absolute Gasteiger partial charge is 0.206 e. The Hall–Kier alpha value is 0.370. The van der Waals surface area contributed by atoms with E-state index < -0.39 is 0 Å². The summed E-state index contributed by atoms with van der Waals surface area (Å²) in [7, 11) is 3.86. The topological polar surface area (TPSA) is 41.3 Å². The molecule has 0 spiro atoms. The minimum absolute atomic E-state index is 0.0927. The van der Waals surface area contributed by atoms with Crippen molar-refractivity contribution >= 4 is 80.7 Å². The lowest BCUT2D eigenvalue weighted by atomic mass is 10.3. The van der Waals surface area contributed by atoms with Crippen LogP contribution in [0.4, 0.5) is 5.95 Å². The van der Waals surface area contributed by atoms with Crippen molar-refractivity contribution in [3.63, 3.8) is 0 Å². The Kier molecular flexibility index (Phi) is 4.98. The van der Waals surface area contributed by atoms with Gasteiger partial charge in [-0.1, -0.05) is 0 Å². The highest BCUT2D eigenvalue weighted by Crippen LogP contribution is 2.44. The van der Waals surface area contributed by atoms with E-state index in [1.807, 2.05) is 23.6 Å². The van der Waals surface area contributed by atoms with Crippen molar-refractivity contribution < 1.29 is 5.11 Å². The number of aliphatic hydroxyl groups is 1. The highest BCUT2D eigenvalue weighted by atomic mass is 79.9. The number of anilines is 1. The minimum atomic E-state index is 0.0927. The van der Waals surface area contributed by atoms with Gasteiger partial charge in [-0.3, -0.25) is 0 Å². The lowest BCUT2D eigenvalue weighted by Gasteiger charge is -2.16. The van der Waals surface area contributed by atoms with Crippen LogP contribution in [0.5, 0.6) is 0 Å². The van der Waals surface area contributed by atoms with E-state index in [9.17, 15) is 0 Å². The van der Waals surface area contributed by atoms with E-state index in [0.29, 0.717) is 6.54 Å². The van der Waals surface area contributed by atoms with Crippen LogP contribution in [0.15, 0.2) is 17.9 Å². The van der Waals surface area contributed by atoms with Crippen LogP contribution in [-0.2, 0) is 7.05 Å². The Labute approximate surface area is 144 Å². The lowest BCUT2D eigenvalue weighted by molar-refractivity contribution is 0.303. The van der Waals surface area contributed by atoms with Gasteiger partial charge in [0.1, 0.15) is 5.52 Å². The molecular formula is C11H11Br4N3O. The molecule has 0 aliphatic carbocycles. The minimum Gasteiger partial charge on any atom is -0.395 e. The molecule has 0 aliphatic heterocycles. The van der Waals surface area contributed by atoms with Gasteiger partial charge in [0.2, 0.25) is 5.95 Å². The second-order valence-electron chi connectivity index (χ2n) is 4.07. The second kappa shape index (κ2) is 6.01. The molecule has 1 N–H and O–H groups in total. The zero-order chi connectivity index (χ0) is 14.3. The monoisotopic (exact) mass is 517 g/mol. The van der Waals surface area contributed by atoms with Crippen molar-refractivity contribution in [1.82, 2.24) is 9.55 Å². The normalized spacial score (nSPS) is 11.3. The molecule has 0 unspecified atom stereocenters. The van der Waals surface area contributed by atoms with Crippen molar-refractivity contribution in [2.75, 3.05) is 25.1 Å². The number of aryl methyl sites for hydroxylation is 1. The molecule has 1 aromatic carbocycles. The number of imidazole rings is 1. The third kappa shape index (κ3) is 2.62. The third-order valence-corrected chi connectivity index (χ3v) is 7.57. The van der Waals surface area contributed by atoms with E-state index in [0.717, 1.165) is 34.9 Å². The summed E-state index contributed by atoms with van der Waals surface area (Å²) in [4.78, 5) is 6.56. The first-order chi connectivity index (χ1) is 8.90. The molecule has 1 aromatic heterocycles. The van der Waals surface area contributed by atoms with Gasteiger partial charge in [0.15, 0.2) is 0 Å². The molecule has 19 heavy (non-hydrogen) atoms. The maximum absolute atomic E-state index is 9.05. The van der Waals surface area contributed by atoms with Crippen LogP contribution in [0.1, 0.15) is 0 Å². The van der Waals surface area contributed by atoms with E-state index in [1.165, 1.54) is 0 Å². The summed E-state index contributed by atoms with van der Waals surface area (Å²) in [5, 5.41) is 9.05. The van der Waals surface area contributed by atoms with Crippen LogP contribution in [0, 0.1) is 0 Å². The molecule has 2 aromatic rings. The molecule has 0 amide bonds. The van der Waals surface area contributed by atoms with E-state index >= 15 is 0 Å². The number of nitrogens with zero attached hydrogens (tertiary/aromatic N) is 3. The highest BCUT2D eigenvalue weighted by Gasteiger charge is 2.21. The van der Waals surface area contributed by atoms with Gasteiger partial charge >= 0.3 is 0 Å². The number of benzene rings is 1. The van der Waals surface area contributed by atoms with Crippen molar-refractivity contribution in [3.05, 3.63) is 17.9 Å². The number of halogens is 4. The molecule has 2 rings (SSSR count). The number of hydrogen-bond acceptors (Lipinski definition) is 3. The number of likely N-dealkylation sites (N-methyl/N-ethyl adjacent to an activating group) is 1. The van der Waals surface area contributed by atoms with E-state index in [-0.39, 0.29) is 6.61 Å². The quantitative estimate of drug-likeness (QED) is 0.490. The molecule has 0 saturated heterocycles. The van der Waals surface area contributed by atoms with E-state index in [1.54, 1.807) is 0 Å². The summed E-state index contributed by atoms with van der Waals surface area (Å²) in [5.74, 6) is 0.801. The fourth-order valence-electron chi connectivity index (χ4n) is 1.88. The first kappa shape index (κ1) is 15.8. The van der Waals surface area contributed by atoms with Gasteiger partial charge in [-0.15, -0.1) is 0 Å². The summed E-state index contributed by atoms with van der Waals surface area (Å²) in [6.45, 7) is 0.629. The molecule has 0 aliphatic rings. The summed E-state index contributed by atoms with van der Waals surface area (Å²) in [6, 6.07) is 0. The van der Waals surface area contributed by atoms with Crippen LogP contribution in [0.25, 0.3) is 11.0 Å². The molecule has 8 heteroatoms. The van der Waals surface area contributed by atoms with Crippen LogP contribution in [0.2, 0.25) is 0 Å². The Morgan fingerprint density at radius 2 is 1.68 bits per heavy atom. The number of hydrogen-bond donors (Lipinski definition) is 1. The second-order valence-corrected chi connectivity index (χ2v) is 7.24. The average Bonchev–Trinajstić information content (AvgIpc) is 2.72. The van der Waals surface area contributed by atoms with Gasteiger partial charge in [-0.05, 0) is 63.7 Å². The zero-order valence-electron chi connectivity index (χ0n) is 10.2. The largest absolute Gasteiger partial charge is 0.395 e. The Morgan fingerprint density at radius 3 is 2.26 bits per heavy atom. The van der Waals surface area contributed by atoms with E-state index in [2.05, 4.69) is 68.7 Å². The average molecular weight is 521 g/mol. The van der Waals surface area contributed by atoms with Gasteiger partial charge in [0.05, 0.1) is 21.1 Å². The van der Waals surface area contributed by atoms with Crippen molar-refractivity contribution in [2.45, 2.75) is 0 Å². The lowest BCUT2D eigenvalue weighted by Crippen LogP contribution is -2.24. The summed E-state index contributed by atoms with van der Waals surface area (Å²) < 4.78 is 5.69. The van der Waals surface area contributed by atoms with Gasteiger partial charge < -0.3 is 14.6 Å². The number of rotatable bonds is 3. The van der Waals surface area contributed by atoms with Crippen molar-refractivity contribution in [3.8, 4) is 0 Å². The van der Waals surface area contributed by atoms with Crippen LogP contribution in [0.3, 0.4) is 0 Å². The molecule has 0 atom stereocenters. The maximum atomic E-state index is 9.05. The molecule has 104 valence electrons. The summed E-state index contributed by atoms with van der Waals surface area (Å²) in [6.07, 6.45) is 0. The first-order valence-corrected chi connectivity index (χ1v) is 8.57. The zero-order valence-corrected chi connectivity index (χ0v) is 16.6. The number of fused-ring (bicyclic) bond motifs is 1.